The molecule has 0 aliphatic heterocycles. The third-order valence-electron chi connectivity index (χ3n) is 4.25. The van der Waals surface area contributed by atoms with E-state index in [0.29, 0.717) is 24.9 Å². The van der Waals surface area contributed by atoms with Gasteiger partial charge in [0, 0.05) is 37.6 Å². The Morgan fingerprint density at radius 1 is 1.35 bits per heavy atom. The van der Waals surface area contributed by atoms with E-state index in [2.05, 4.69) is 15.4 Å². The monoisotopic (exact) mass is 316 g/mol. The molecule has 0 radical (unpaired) electrons. The number of hydrogen-bond acceptors (Lipinski definition) is 5. The van der Waals surface area contributed by atoms with E-state index < -0.39 is 0 Å². The molecule has 0 saturated heterocycles. The van der Waals surface area contributed by atoms with Gasteiger partial charge in [0.25, 0.3) is 0 Å². The van der Waals surface area contributed by atoms with Crippen LogP contribution in [0.2, 0.25) is 0 Å². The third-order valence-corrected chi connectivity index (χ3v) is 4.25. The van der Waals surface area contributed by atoms with Crippen molar-refractivity contribution in [2.45, 2.75) is 45.0 Å². The smallest absolute Gasteiger partial charge is 0.213 e. The Bertz CT molecular complexity index is 602. The molecular weight excluding hydrogens is 292 g/mol. The highest BCUT2D eigenvalue weighted by Crippen LogP contribution is 2.27. The second-order valence-corrected chi connectivity index (χ2v) is 6.02. The zero-order chi connectivity index (χ0) is 16.1. The molecule has 0 amide bonds. The number of ether oxygens (including phenoxy) is 1. The van der Waals surface area contributed by atoms with Gasteiger partial charge in [-0.05, 0) is 37.8 Å². The van der Waals surface area contributed by atoms with Crippen LogP contribution in [0.4, 0.5) is 0 Å². The first kappa shape index (κ1) is 16.0. The molecule has 6 heteroatoms. The molecule has 0 aromatic carbocycles. The van der Waals surface area contributed by atoms with Crippen LogP contribution in [0.15, 0.2) is 36.7 Å². The van der Waals surface area contributed by atoms with Crippen LogP contribution >= 0.6 is 0 Å². The van der Waals surface area contributed by atoms with Crippen LogP contribution in [-0.2, 0) is 13.1 Å². The first-order valence-corrected chi connectivity index (χ1v) is 8.22. The number of nitrogens with zero attached hydrogens (tertiary/aromatic N) is 3. The van der Waals surface area contributed by atoms with Gasteiger partial charge in [-0.3, -0.25) is 4.68 Å². The fourth-order valence-electron chi connectivity index (χ4n) is 3.18. The second-order valence-electron chi connectivity index (χ2n) is 6.02. The normalized spacial score (nSPS) is 24.0. The second kappa shape index (κ2) is 7.57. The van der Waals surface area contributed by atoms with Gasteiger partial charge in [-0.1, -0.05) is 6.07 Å². The average Bonchev–Trinajstić information content (AvgIpc) is 3.16. The molecular formula is C17H24N4O2. The van der Waals surface area contributed by atoms with Crippen LogP contribution in [0, 0.1) is 5.92 Å². The minimum Gasteiger partial charge on any atom is -0.478 e. The number of pyridine rings is 1. The Kier molecular flexibility index (Phi) is 5.25. The highest BCUT2D eigenvalue weighted by atomic mass is 16.5. The Morgan fingerprint density at radius 3 is 3.04 bits per heavy atom. The molecule has 2 heterocycles. The lowest BCUT2D eigenvalue weighted by Gasteiger charge is -2.16. The lowest BCUT2D eigenvalue weighted by Crippen LogP contribution is -2.35. The van der Waals surface area contributed by atoms with E-state index in [1.54, 1.807) is 6.20 Å². The van der Waals surface area contributed by atoms with Crippen molar-refractivity contribution in [3.8, 4) is 5.88 Å². The number of nitrogens with one attached hydrogen (secondary N) is 1. The maximum Gasteiger partial charge on any atom is 0.213 e. The maximum absolute atomic E-state index is 10.3. The number of aliphatic hydroxyl groups excluding tert-OH is 1. The molecule has 23 heavy (non-hydrogen) atoms. The summed E-state index contributed by atoms with van der Waals surface area (Å²) in [7, 11) is 0. The lowest BCUT2D eigenvalue weighted by molar-refractivity contribution is 0.145. The number of rotatable bonds is 7. The highest BCUT2D eigenvalue weighted by Gasteiger charge is 2.32. The lowest BCUT2D eigenvalue weighted by atomic mass is 10.1. The first-order valence-electron chi connectivity index (χ1n) is 8.22. The van der Waals surface area contributed by atoms with Crippen LogP contribution in [0.1, 0.15) is 25.5 Å². The molecule has 1 aliphatic rings. The summed E-state index contributed by atoms with van der Waals surface area (Å²) in [5.74, 6) is 1.10. The minimum atomic E-state index is -0.314. The van der Waals surface area contributed by atoms with E-state index in [1.807, 2.05) is 42.1 Å². The molecule has 6 nitrogen and oxygen atoms in total. The van der Waals surface area contributed by atoms with Crippen LogP contribution in [0.3, 0.4) is 0 Å². The van der Waals surface area contributed by atoms with Crippen LogP contribution in [0.5, 0.6) is 5.88 Å². The zero-order valence-corrected chi connectivity index (χ0v) is 13.4. The summed E-state index contributed by atoms with van der Waals surface area (Å²) in [6.07, 6.45) is 5.20. The van der Waals surface area contributed by atoms with Gasteiger partial charge >= 0.3 is 0 Å². The summed E-state index contributed by atoms with van der Waals surface area (Å²) >= 11 is 0. The third kappa shape index (κ3) is 4.30. The summed E-state index contributed by atoms with van der Waals surface area (Å²) in [5, 5.41) is 17.9. The summed E-state index contributed by atoms with van der Waals surface area (Å²) in [6.45, 7) is 4.05. The SMILES string of the molecule is CCOc1cccc(CN[C@@H]2CC(Cn3cccn3)C[C@H]2O)n1. The maximum atomic E-state index is 10.3. The van der Waals surface area contributed by atoms with Crippen LogP contribution in [-0.4, -0.2) is 38.6 Å². The molecule has 3 rings (SSSR count). The van der Waals surface area contributed by atoms with E-state index in [1.165, 1.54) is 0 Å². The van der Waals surface area contributed by atoms with Crippen molar-refractivity contribution in [1.29, 1.82) is 0 Å². The Balaban J connectivity index is 1.51. The van der Waals surface area contributed by atoms with Crippen molar-refractivity contribution in [2.75, 3.05) is 6.61 Å². The molecule has 1 fully saturated rings. The molecule has 3 atom stereocenters. The average molecular weight is 316 g/mol. The highest BCUT2D eigenvalue weighted by molar-refractivity contribution is 5.15. The fraction of sp³-hybridized carbons (Fsp3) is 0.529. The van der Waals surface area contributed by atoms with Crippen molar-refractivity contribution in [3.05, 3.63) is 42.4 Å². The first-order chi connectivity index (χ1) is 11.2. The molecule has 2 aromatic heterocycles. The molecule has 1 unspecified atom stereocenters. The molecule has 1 aliphatic carbocycles. The largest absolute Gasteiger partial charge is 0.478 e. The topological polar surface area (TPSA) is 72.2 Å². The standard InChI is InChI=1S/C17H24N4O2/c1-2-23-17-6-3-5-14(20-17)11-18-15-9-13(10-16(15)22)12-21-8-4-7-19-21/h3-8,13,15-16,18,22H,2,9-12H2,1H3/t13?,15-,16-/m1/s1. The summed E-state index contributed by atoms with van der Waals surface area (Å²) in [5.41, 5.74) is 0.929. The van der Waals surface area contributed by atoms with Crippen molar-refractivity contribution in [1.82, 2.24) is 20.1 Å². The Labute approximate surface area is 136 Å². The zero-order valence-electron chi connectivity index (χ0n) is 13.4. The molecule has 124 valence electrons. The summed E-state index contributed by atoms with van der Waals surface area (Å²) in [4.78, 5) is 4.45. The van der Waals surface area contributed by atoms with Crippen molar-refractivity contribution < 1.29 is 9.84 Å². The predicted octanol–water partition coefficient (Wildman–Crippen LogP) is 1.61. The van der Waals surface area contributed by atoms with Gasteiger partial charge in [0.1, 0.15) is 0 Å². The fourth-order valence-corrected chi connectivity index (χ4v) is 3.18. The van der Waals surface area contributed by atoms with Gasteiger partial charge in [0.05, 0.1) is 18.4 Å². The van der Waals surface area contributed by atoms with E-state index in [0.717, 1.165) is 25.1 Å². The van der Waals surface area contributed by atoms with Crippen LogP contribution < -0.4 is 10.1 Å². The number of hydrogen-bond donors (Lipinski definition) is 2. The van der Waals surface area contributed by atoms with Gasteiger partial charge in [0.2, 0.25) is 5.88 Å². The van der Waals surface area contributed by atoms with E-state index in [9.17, 15) is 5.11 Å². The van der Waals surface area contributed by atoms with E-state index in [4.69, 9.17) is 4.74 Å². The van der Waals surface area contributed by atoms with Gasteiger partial charge in [0.15, 0.2) is 0 Å². The molecule has 2 aromatic rings. The minimum absolute atomic E-state index is 0.105. The Morgan fingerprint density at radius 2 is 2.26 bits per heavy atom. The van der Waals surface area contributed by atoms with Gasteiger partial charge in [-0.2, -0.15) is 5.10 Å². The quantitative estimate of drug-likeness (QED) is 0.812. The van der Waals surface area contributed by atoms with Crippen LogP contribution in [0.25, 0.3) is 0 Å². The van der Waals surface area contributed by atoms with Gasteiger partial charge in [-0.25, -0.2) is 4.98 Å². The predicted molar refractivity (Wildman–Crippen MR) is 87.0 cm³/mol. The van der Waals surface area contributed by atoms with E-state index in [-0.39, 0.29) is 12.1 Å². The van der Waals surface area contributed by atoms with Gasteiger partial charge in [-0.15, -0.1) is 0 Å². The summed E-state index contributed by atoms with van der Waals surface area (Å²) < 4.78 is 7.35. The van der Waals surface area contributed by atoms with Crippen molar-refractivity contribution in [3.63, 3.8) is 0 Å². The number of aromatic nitrogens is 3. The van der Waals surface area contributed by atoms with Crippen molar-refractivity contribution >= 4 is 0 Å². The van der Waals surface area contributed by atoms with Crippen molar-refractivity contribution in [2.24, 2.45) is 5.92 Å². The Hall–Kier alpha value is -1.92. The molecule has 1 saturated carbocycles. The molecule has 2 N–H and O–H groups in total. The molecule has 0 spiro atoms. The van der Waals surface area contributed by atoms with Gasteiger partial charge < -0.3 is 15.2 Å². The van der Waals surface area contributed by atoms with E-state index >= 15 is 0 Å². The number of aliphatic hydroxyl groups is 1. The molecule has 0 bridgehead atoms. The summed E-state index contributed by atoms with van der Waals surface area (Å²) in [6, 6.07) is 7.81.